The fourth-order valence-electron chi connectivity index (χ4n) is 1.24. The third-order valence-electron chi connectivity index (χ3n) is 1.71. The van der Waals surface area contributed by atoms with Crippen LogP contribution in [0.4, 0.5) is 0 Å². The molecule has 1 rings (SSSR count). The third kappa shape index (κ3) is 3.48. The van der Waals surface area contributed by atoms with Crippen molar-refractivity contribution in [2.45, 2.75) is 24.3 Å². The summed E-state index contributed by atoms with van der Waals surface area (Å²) in [5.74, 6) is -0.344. The number of benzene rings is 1. The van der Waals surface area contributed by atoms with Crippen molar-refractivity contribution in [2.24, 2.45) is 0 Å². The maximum absolute atomic E-state index is 11.8. The van der Waals surface area contributed by atoms with Gasteiger partial charge >= 0.3 is 0 Å². The zero-order valence-corrected chi connectivity index (χ0v) is 10.1. The van der Waals surface area contributed by atoms with Gasteiger partial charge in [-0.25, -0.2) is 8.42 Å². The molecule has 15 heavy (non-hydrogen) atoms. The van der Waals surface area contributed by atoms with E-state index in [-0.39, 0.29) is 15.7 Å². The number of halogens is 1. The van der Waals surface area contributed by atoms with Gasteiger partial charge in [0.15, 0.2) is 9.84 Å². The highest BCUT2D eigenvalue weighted by molar-refractivity contribution is 7.91. The monoisotopic (exact) mass is 248 g/mol. The van der Waals surface area contributed by atoms with Crippen LogP contribution < -0.4 is 0 Å². The van der Waals surface area contributed by atoms with Crippen LogP contribution in [-0.4, -0.2) is 24.9 Å². The SMILES string of the molecule is CC(C)(O)CS(=O)(=O)c1ccccc1Cl. The van der Waals surface area contributed by atoms with Crippen LogP contribution in [0.2, 0.25) is 5.02 Å². The molecule has 1 aromatic carbocycles. The molecule has 0 heterocycles. The number of hydrogen-bond acceptors (Lipinski definition) is 3. The van der Waals surface area contributed by atoms with E-state index in [4.69, 9.17) is 11.6 Å². The highest BCUT2D eigenvalue weighted by Gasteiger charge is 2.26. The maximum Gasteiger partial charge on any atom is 0.182 e. The molecule has 0 unspecified atom stereocenters. The van der Waals surface area contributed by atoms with Crippen molar-refractivity contribution in [3.8, 4) is 0 Å². The molecule has 3 nitrogen and oxygen atoms in total. The summed E-state index contributed by atoms with van der Waals surface area (Å²) < 4.78 is 23.6. The van der Waals surface area contributed by atoms with Gasteiger partial charge in [0.2, 0.25) is 0 Å². The molecule has 1 aromatic rings. The summed E-state index contributed by atoms with van der Waals surface area (Å²) in [5, 5.41) is 9.67. The van der Waals surface area contributed by atoms with Crippen LogP contribution in [0.15, 0.2) is 29.2 Å². The molecule has 0 aromatic heterocycles. The normalized spacial score (nSPS) is 12.8. The van der Waals surface area contributed by atoms with Crippen molar-refractivity contribution >= 4 is 21.4 Å². The molecule has 0 atom stereocenters. The lowest BCUT2D eigenvalue weighted by Crippen LogP contribution is -2.30. The Bertz CT molecular complexity index is 446. The van der Waals surface area contributed by atoms with E-state index in [9.17, 15) is 13.5 Å². The zero-order valence-electron chi connectivity index (χ0n) is 8.57. The van der Waals surface area contributed by atoms with Crippen LogP contribution in [0.5, 0.6) is 0 Å². The van der Waals surface area contributed by atoms with E-state index >= 15 is 0 Å². The molecule has 0 saturated carbocycles. The summed E-state index contributed by atoms with van der Waals surface area (Å²) in [6.45, 7) is 2.89. The Kier molecular flexibility index (Phi) is 3.43. The van der Waals surface area contributed by atoms with E-state index in [1.807, 2.05) is 0 Å². The van der Waals surface area contributed by atoms with Crippen LogP contribution in [-0.2, 0) is 9.84 Å². The Labute approximate surface area is 94.6 Å². The Hall–Kier alpha value is -0.580. The average molecular weight is 249 g/mol. The fraction of sp³-hybridized carbons (Fsp3) is 0.400. The van der Waals surface area contributed by atoms with Crippen molar-refractivity contribution in [2.75, 3.05) is 5.75 Å². The molecular formula is C10H13ClO3S. The quantitative estimate of drug-likeness (QED) is 0.889. The maximum atomic E-state index is 11.8. The van der Waals surface area contributed by atoms with Gasteiger partial charge in [0.05, 0.1) is 21.3 Å². The standard InChI is InChI=1S/C10H13ClO3S/c1-10(2,12)7-15(13,14)9-6-4-3-5-8(9)11/h3-6,12H,7H2,1-2H3. The van der Waals surface area contributed by atoms with Crippen LogP contribution in [0.1, 0.15) is 13.8 Å². The van der Waals surface area contributed by atoms with Gasteiger partial charge in [-0.2, -0.15) is 0 Å². The van der Waals surface area contributed by atoms with Gasteiger partial charge in [-0.3, -0.25) is 0 Å². The van der Waals surface area contributed by atoms with Gasteiger partial charge in [-0.05, 0) is 26.0 Å². The Morgan fingerprint density at radius 2 is 1.87 bits per heavy atom. The number of rotatable bonds is 3. The molecule has 0 aliphatic rings. The summed E-state index contributed by atoms with van der Waals surface area (Å²) in [4.78, 5) is 0.0637. The smallest absolute Gasteiger partial charge is 0.182 e. The minimum atomic E-state index is -3.53. The van der Waals surface area contributed by atoms with E-state index in [0.29, 0.717) is 0 Å². The van der Waals surface area contributed by atoms with E-state index in [2.05, 4.69) is 0 Å². The lowest BCUT2D eigenvalue weighted by molar-refractivity contribution is 0.105. The predicted octanol–water partition coefficient (Wildman–Crippen LogP) is 1.88. The van der Waals surface area contributed by atoms with Crippen molar-refractivity contribution in [1.29, 1.82) is 0 Å². The zero-order chi connectivity index (χ0) is 11.7. The van der Waals surface area contributed by atoms with Crippen LogP contribution in [0.25, 0.3) is 0 Å². The van der Waals surface area contributed by atoms with Gasteiger partial charge in [-0.1, -0.05) is 23.7 Å². The molecule has 0 bridgehead atoms. The molecule has 0 amide bonds. The van der Waals surface area contributed by atoms with Crippen molar-refractivity contribution < 1.29 is 13.5 Å². The summed E-state index contributed by atoms with van der Waals surface area (Å²) in [5.41, 5.74) is -1.27. The second-order valence-corrected chi connectivity index (χ2v) is 6.37. The summed E-state index contributed by atoms with van der Waals surface area (Å²) in [6.07, 6.45) is 0. The fourth-order valence-corrected chi connectivity index (χ4v) is 3.46. The molecule has 0 radical (unpaired) electrons. The summed E-state index contributed by atoms with van der Waals surface area (Å²) >= 11 is 5.78. The lowest BCUT2D eigenvalue weighted by Gasteiger charge is -2.17. The first-order chi connectivity index (χ1) is 6.72. The average Bonchev–Trinajstić information content (AvgIpc) is 1.99. The van der Waals surface area contributed by atoms with E-state index in [1.165, 1.54) is 26.0 Å². The first-order valence-corrected chi connectivity index (χ1v) is 6.45. The van der Waals surface area contributed by atoms with E-state index in [0.717, 1.165) is 0 Å². The molecule has 0 aliphatic heterocycles. The largest absolute Gasteiger partial charge is 0.389 e. The van der Waals surface area contributed by atoms with Crippen molar-refractivity contribution in [3.63, 3.8) is 0 Å². The lowest BCUT2D eigenvalue weighted by atomic mass is 10.2. The van der Waals surface area contributed by atoms with E-state index in [1.54, 1.807) is 12.1 Å². The Morgan fingerprint density at radius 3 is 2.33 bits per heavy atom. The van der Waals surface area contributed by atoms with Crippen LogP contribution in [0, 0.1) is 0 Å². The molecule has 0 aliphatic carbocycles. The topological polar surface area (TPSA) is 54.4 Å². The number of hydrogen-bond donors (Lipinski definition) is 1. The number of sulfone groups is 1. The first kappa shape index (κ1) is 12.5. The molecule has 5 heteroatoms. The molecule has 0 saturated heterocycles. The molecule has 0 spiro atoms. The molecule has 0 fully saturated rings. The second kappa shape index (κ2) is 4.12. The number of aliphatic hydroxyl groups is 1. The predicted molar refractivity (Wildman–Crippen MR) is 59.8 cm³/mol. The molecule has 84 valence electrons. The van der Waals surface area contributed by atoms with Crippen molar-refractivity contribution in [1.82, 2.24) is 0 Å². The van der Waals surface area contributed by atoms with Gasteiger partial charge < -0.3 is 5.11 Å². The van der Waals surface area contributed by atoms with Gasteiger partial charge in [0.1, 0.15) is 0 Å². The minimum Gasteiger partial charge on any atom is -0.389 e. The van der Waals surface area contributed by atoms with Gasteiger partial charge in [0.25, 0.3) is 0 Å². The van der Waals surface area contributed by atoms with Crippen LogP contribution in [0.3, 0.4) is 0 Å². The Balaban J connectivity index is 3.13. The summed E-state index contributed by atoms with van der Waals surface area (Å²) in [6, 6.07) is 6.21. The van der Waals surface area contributed by atoms with Gasteiger partial charge in [0, 0.05) is 0 Å². The van der Waals surface area contributed by atoms with E-state index < -0.39 is 15.4 Å². The first-order valence-electron chi connectivity index (χ1n) is 4.42. The van der Waals surface area contributed by atoms with Crippen LogP contribution >= 0.6 is 11.6 Å². The Morgan fingerprint density at radius 1 is 1.33 bits per heavy atom. The van der Waals surface area contributed by atoms with Gasteiger partial charge in [-0.15, -0.1) is 0 Å². The highest BCUT2D eigenvalue weighted by atomic mass is 35.5. The molecular weight excluding hydrogens is 236 g/mol. The molecule has 1 N–H and O–H groups in total. The van der Waals surface area contributed by atoms with Crippen molar-refractivity contribution in [3.05, 3.63) is 29.3 Å². The third-order valence-corrected chi connectivity index (χ3v) is 4.27. The highest BCUT2D eigenvalue weighted by Crippen LogP contribution is 2.23. The summed E-state index contributed by atoms with van der Waals surface area (Å²) in [7, 11) is -3.53. The second-order valence-electron chi connectivity index (χ2n) is 4.00. The minimum absolute atomic E-state index is 0.0637.